The van der Waals surface area contributed by atoms with Crippen molar-refractivity contribution in [2.45, 2.75) is 73.5 Å². The molecule has 0 aliphatic heterocycles. The number of aliphatic hydroxyl groups is 2. The van der Waals surface area contributed by atoms with Crippen molar-refractivity contribution < 1.29 is 29.0 Å². The number of hydrogen-bond donors (Lipinski definition) is 2. The molecule has 0 radical (unpaired) electrons. The Labute approximate surface area is 202 Å². The number of Topliss-reactive ketones (excluding diaryl/α,β-unsaturated/α-hetero) is 1. The fourth-order valence-electron chi connectivity index (χ4n) is 6.88. The van der Waals surface area contributed by atoms with Gasteiger partial charge in [-0.3, -0.25) is 4.79 Å². The maximum atomic E-state index is 14.4. The Balaban J connectivity index is 1.86. The number of rotatable bonds is 3. The van der Waals surface area contributed by atoms with E-state index in [0.29, 0.717) is 28.9 Å². The van der Waals surface area contributed by atoms with Gasteiger partial charge in [-0.05, 0) is 62.0 Å². The lowest BCUT2D eigenvalue weighted by Crippen LogP contribution is -2.53. The highest BCUT2D eigenvalue weighted by atomic mass is 16.5. The monoisotopic (exact) mass is 470 g/mol. The lowest BCUT2D eigenvalue weighted by Gasteiger charge is -2.45. The summed E-state index contributed by atoms with van der Waals surface area (Å²) in [5, 5.41) is 21.7. The number of furan rings is 1. The van der Waals surface area contributed by atoms with E-state index in [1.807, 2.05) is 19.1 Å². The highest BCUT2D eigenvalue weighted by molar-refractivity contribution is 5.94. The molecule has 186 valence electrons. The predicted molar refractivity (Wildman–Crippen MR) is 128 cm³/mol. The highest BCUT2D eigenvalue weighted by Gasteiger charge is 2.64. The van der Waals surface area contributed by atoms with Crippen LogP contribution in [0.15, 0.2) is 34.0 Å². The summed E-state index contributed by atoms with van der Waals surface area (Å²) in [5.74, 6) is -0.686. The summed E-state index contributed by atoms with van der Waals surface area (Å²) < 4.78 is 11.5. The molecule has 34 heavy (non-hydrogen) atoms. The van der Waals surface area contributed by atoms with Crippen molar-refractivity contribution in [1.82, 2.24) is 0 Å². The molecule has 7 atom stereocenters. The first kappa shape index (κ1) is 24.9. The second-order valence-electron chi connectivity index (χ2n) is 11.4. The number of aliphatic hydroxyl groups excluding tert-OH is 2. The minimum atomic E-state index is -1.10. The Morgan fingerprint density at radius 1 is 1.21 bits per heavy atom. The first-order valence-corrected chi connectivity index (χ1v) is 12.3. The van der Waals surface area contributed by atoms with Gasteiger partial charge in [0.25, 0.3) is 0 Å². The van der Waals surface area contributed by atoms with Gasteiger partial charge in [0.2, 0.25) is 0 Å². The zero-order valence-electron chi connectivity index (χ0n) is 21.3. The van der Waals surface area contributed by atoms with Gasteiger partial charge >= 0.3 is 5.97 Å². The van der Waals surface area contributed by atoms with Crippen LogP contribution < -0.4 is 0 Å². The topological polar surface area (TPSA) is 97.0 Å². The van der Waals surface area contributed by atoms with Crippen molar-refractivity contribution in [3.63, 3.8) is 0 Å². The van der Waals surface area contributed by atoms with E-state index < -0.39 is 29.5 Å². The lowest BCUT2D eigenvalue weighted by atomic mass is 9.58. The molecule has 6 unspecified atom stereocenters. The molecule has 6 nitrogen and oxygen atoms in total. The Morgan fingerprint density at radius 3 is 2.47 bits per heavy atom. The van der Waals surface area contributed by atoms with Gasteiger partial charge in [-0.1, -0.05) is 39.8 Å². The summed E-state index contributed by atoms with van der Waals surface area (Å²) in [5.41, 5.74) is 1.09. The third-order valence-electron chi connectivity index (χ3n) is 9.34. The van der Waals surface area contributed by atoms with E-state index in [-0.39, 0.29) is 35.6 Å². The van der Waals surface area contributed by atoms with Crippen LogP contribution in [0.25, 0.3) is 0 Å². The summed E-state index contributed by atoms with van der Waals surface area (Å²) in [6, 6.07) is 0. The van der Waals surface area contributed by atoms with E-state index in [0.717, 1.165) is 12.0 Å². The van der Waals surface area contributed by atoms with Gasteiger partial charge < -0.3 is 19.4 Å². The molecule has 0 amide bonds. The predicted octanol–water partition coefficient (Wildman–Crippen LogP) is 4.56. The summed E-state index contributed by atoms with van der Waals surface area (Å²) in [6.07, 6.45) is 4.74. The van der Waals surface area contributed by atoms with E-state index in [2.05, 4.69) is 27.7 Å². The number of hydrogen-bond acceptors (Lipinski definition) is 6. The van der Waals surface area contributed by atoms with Crippen LogP contribution >= 0.6 is 0 Å². The third-order valence-corrected chi connectivity index (χ3v) is 9.34. The normalized spacial score (nSPS) is 38.7. The number of ether oxygens (including phenoxy) is 1. The molecular weight excluding hydrogens is 432 g/mol. The van der Waals surface area contributed by atoms with Gasteiger partial charge in [-0.15, -0.1) is 0 Å². The van der Waals surface area contributed by atoms with Gasteiger partial charge in [0.15, 0.2) is 0 Å². The number of carbonyl (C=O) groups is 2. The smallest absolute Gasteiger partial charge is 0.342 e. The second kappa shape index (κ2) is 8.49. The quantitative estimate of drug-likeness (QED) is 0.497. The summed E-state index contributed by atoms with van der Waals surface area (Å²) >= 11 is 0. The summed E-state index contributed by atoms with van der Waals surface area (Å²) in [6.45, 7) is 13.6. The molecule has 2 bridgehead atoms. The molecule has 6 heteroatoms. The fourth-order valence-corrected chi connectivity index (χ4v) is 6.88. The van der Waals surface area contributed by atoms with Crippen LogP contribution in [0.5, 0.6) is 0 Å². The molecule has 1 fully saturated rings. The molecule has 4 rings (SSSR count). The number of ketones is 1. The Morgan fingerprint density at radius 2 is 1.88 bits per heavy atom. The molecule has 3 aliphatic carbocycles. The highest BCUT2D eigenvalue weighted by Crippen LogP contribution is 2.60. The van der Waals surface area contributed by atoms with Crippen molar-refractivity contribution >= 4 is 11.8 Å². The van der Waals surface area contributed by atoms with Crippen LogP contribution in [0.1, 0.15) is 69.1 Å². The van der Waals surface area contributed by atoms with E-state index in [1.54, 1.807) is 13.8 Å². The number of esters is 1. The van der Waals surface area contributed by atoms with Gasteiger partial charge in [0.1, 0.15) is 23.2 Å². The maximum Gasteiger partial charge on any atom is 0.342 e. The zero-order chi connectivity index (χ0) is 25.2. The van der Waals surface area contributed by atoms with Crippen molar-refractivity contribution in [2.75, 3.05) is 6.61 Å². The molecule has 0 aromatic carbocycles. The van der Waals surface area contributed by atoms with E-state index in [9.17, 15) is 19.8 Å². The first-order chi connectivity index (χ1) is 15.9. The van der Waals surface area contributed by atoms with Crippen LogP contribution in [0, 0.1) is 48.3 Å². The third kappa shape index (κ3) is 3.44. The van der Waals surface area contributed by atoms with Crippen molar-refractivity contribution in [3.05, 3.63) is 46.4 Å². The van der Waals surface area contributed by atoms with Crippen molar-refractivity contribution in [2.24, 2.45) is 34.5 Å². The van der Waals surface area contributed by atoms with Crippen molar-refractivity contribution in [1.29, 1.82) is 0 Å². The van der Waals surface area contributed by atoms with Gasteiger partial charge in [-0.25, -0.2) is 4.79 Å². The average molecular weight is 471 g/mol. The van der Waals surface area contributed by atoms with E-state index in [4.69, 9.17) is 9.15 Å². The maximum absolute atomic E-state index is 14.4. The fraction of sp³-hybridized carbons (Fsp3) is 0.643. The first-order valence-electron chi connectivity index (χ1n) is 12.3. The molecule has 3 aliphatic rings. The number of allylic oxidation sites excluding steroid dienone is 2. The minimum absolute atomic E-state index is 0.0620. The molecule has 1 aromatic heterocycles. The standard InChI is InChI=1S/C28H38O6/c1-14-11-28-17(4)10-16(3)27(6,7)20(25(28)31)9-8-19(12-29)23(30)22(28)24(14)34-26(32)21-15(2)13-33-18(21)5/h8,11,13,16-17,20,22-24,29-30H,9-10,12H2,1-7H3/b19-8-/t16?,17-,20?,22?,23?,24?,28?/m1/s1. The van der Waals surface area contributed by atoms with Crippen LogP contribution in [-0.4, -0.2) is 40.8 Å². The molecule has 1 saturated carbocycles. The largest absolute Gasteiger partial charge is 0.468 e. The van der Waals surface area contributed by atoms with Crippen molar-refractivity contribution in [3.8, 4) is 0 Å². The van der Waals surface area contributed by atoms with Gasteiger partial charge in [0, 0.05) is 17.4 Å². The van der Waals surface area contributed by atoms with Gasteiger partial charge in [-0.2, -0.15) is 0 Å². The molecule has 1 aromatic rings. The molecule has 0 saturated heterocycles. The Kier molecular flexibility index (Phi) is 6.22. The van der Waals surface area contributed by atoms with E-state index in [1.165, 1.54) is 6.26 Å². The molecule has 2 N–H and O–H groups in total. The second-order valence-corrected chi connectivity index (χ2v) is 11.4. The summed E-state index contributed by atoms with van der Waals surface area (Å²) in [4.78, 5) is 27.7. The van der Waals surface area contributed by atoms with E-state index >= 15 is 0 Å². The zero-order valence-corrected chi connectivity index (χ0v) is 21.3. The van der Waals surface area contributed by atoms with Gasteiger partial charge in [0.05, 0.1) is 24.4 Å². The van der Waals surface area contributed by atoms with Crippen LogP contribution in [0.3, 0.4) is 0 Å². The average Bonchev–Trinajstić information content (AvgIpc) is 3.24. The molecule has 1 heterocycles. The number of carbonyl (C=O) groups excluding carboxylic acids is 2. The minimum Gasteiger partial charge on any atom is -0.468 e. The van der Waals surface area contributed by atoms with Crippen LogP contribution in [-0.2, 0) is 9.53 Å². The summed E-state index contributed by atoms with van der Waals surface area (Å²) in [7, 11) is 0. The Hall–Kier alpha value is -2.18. The van der Waals surface area contributed by atoms with Crippen LogP contribution in [0.2, 0.25) is 0 Å². The molecular formula is C28H38O6. The SMILES string of the molecule is CC1=CC23C(=O)C(C/C=C(/CO)C(O)C2C1OC(=O)c1c(C)coc1C)C(C)(C)C(C)C[C@H]3C. The number of fused-ring (bicyclic) bond motifs is 1. The van der Waals surface area contributed by atoms with Crippen LogP contribution in [0.4, 0.5) is 0 Å². The Bertz CT molecular complexity index is 1040. The number of aryl methyl sites for hydroxylation is 2. The molecule has 1 spiro atoms. The lowest BCUT2D eigenvalue weighted by molar-refractivity contribution is -0.143.